The Balaban J connectivity index is 0. The molecule has 2 rings (SSSR count). The number of hydrogen-bond donors (Lipinski definition) is 0. The summed E-state index contributed by atoms with van der Waals surface area (Å²) in [6, 6.07) is 16.6. The van der Waals surface area contributed by atoms with Crippen molar-refractivity contribution < 1.29 is 91.8 Å². The van der Waals surface area contributed by atoms with Gasteiger partial charge in [0.1, 0.15) is 0 Å². The fourth-order valence-corrected chi connectivity index (χ4v) is 1.32. The maximum atomic E-state index is 11.5. The van der Waals surface area contributed by atoms with Crippen molar-refractivity contribution in [3.8, 4) is 0 Å². The zero-order valence-corrected chi connectivity index (χ0v) is 17.9. The van der Waals surface area contributed by atoms with Gasteiger partial charge in [0, 0.05) is 0 Å². The van der Waals surface area contributed by atoms with Crippen molar-refractivity contribution in [1.82, 2.24) is 0 Å². The van der Waals surface area contributed by atoms with E-state index in [1.54, 1.807) is 60.7 Å². The van der Waals surface area contributed by atoms with Gasteiger partial charge < -0.3 is 9.11 Å². The molecule has 0 aliphatic heterocycles. The van der Waals surface area contributed by atoms with Gasteiger partial charge in [-0.3, -0.25) is 4.21 Å². The van der Waals surface area contributed by atoms with Crippen LogP contribution in [0.5, 0.6) is 0 Å². The molecule has 0 saturated carbocycles. The Morgan fingerprint density at radius 1 is 0.708 bits per heavy atom. The standard InChI is InChI=1S/C14H10O4.2Na.H2O3S/c15-13(11-7-3-1-4-8-11)17-18-14(16)12-9-5-2-6-10-12;;;1-4(2)3/h1-10H;;;(H2,1,2,3)/q;2*+1;/p-2. The third-order valence-corrected chi connectivity index (χ3v) is 2.21. The second kappa shape index (κ2) is 14.8. The van der Waals surface area contributed by atoms with Gasteiger partial charge in [0.15, 0.2) is 0 Å². The van der Waals surface area contributed by atoms with Crippen LogP contribution < -0.4 is 59.1 Å². The predicted octanol–water partition coefficient (Wildman–Crippen LogP) is -4.38. The molecule has 0 fully saturated rings. The average molecular weight is 368 g/mol. The van der Waals surface area contributed by atoms with Crippen LogP contribution in [-0.2, 0) is 21.1 Å². The Morgan fingerprint density at radius 2 is 0.958 bits per heavy atom. The summed E-state index contributed by atoms with van der Waals surface area (Å²) >= 11 is -3.11. The van der Waals surface area contributed by atoms with Gasteiger partial charge in [0.25, 0.3) is 0 Å². The molecule has 0 spiro atoms. The third kappa shape index (κ3) is 11.1. The first-order chi connectivity index (χ1) is 10.5. The fraction of sp³-hybridized carbons (Fsp3) is 0. The molecule has 0 unspecified atom stereocenters. The summed E-state index contributed by atoms with van der Waals surface area (Å²) in [6.07, 6.45) is 0. The molecule has 10 heteroatoms. The van der Waals surface area contributed by atoms with Gasteiger partial charge in [-0.2, -0.15) is 0 Å². The van der Waals surface area contributed by atoms with Gasteiger partial charge in [0.05, 0.1) is 11.1 Å². The van der Waals surface area contributed by atoms with E-state index in [9.17, 15) is 9.59 Å². The molecular weight excluding hydrogens is 358 g/mol. The molecular formula is C14H10Na2O7S. The minimum atomic E-state index is -3.11. The molecule has 0 aliphatic carbocycles. The third-order valence-electron chi connectivity index (χ3n) is 2.21. The first kappa shape index (κ1) is 25.7. The number of carbonyl (C=O) groups is 2. The van der Waals surface area contributed by atoms with Gasteiger partial charge in [-0.05, 0) is 24.3 Å². The first-order valence-corrected chi connectivity index (χ1v) is 6.80. The minimum absolute atomic E-state index is 0. The van der Waals surface area contributed by atoms with Crippen LogP contribution in [-0.4, -0.2) is 25.3 Å². The fourth-order valence-electron chi connectivity index (χ4n) is 1.32. The Labute approximate surface area is 185 Å². The topological polar surface area (TPSA) is 116 Å². The van der Waals surface area contributed by atoms with Crippen molar-refractivity contribution >= 4 is 23.3 Å². The number of hydrogen-bond acceptors (Lipinski definition) is 7. The molecule has 0 N–H and O–H groups in total. The summed E-state index contributed by atoms with van der Waals surface area (Å²) in [7, 11) is 0. The molecule has 0 atom stereocenters. The monoisotopic (exact) mass is 368 g/mol. The Bertz CT molecular complexity index is 583. The first-order valence-electron chi connectivity index (χ1n) is 5.80. The van der Waals surface area contributed by atoms with Crippen LogP contribution in [0.1, 0.15) is 20.7 Å². The summed E-state index contributed by atoms with van der Waals surface area (Å²) in [4.78, 5) is 31.9. The van der Waals surface area contributed by atoms with E-state index in [0.29, 0.717) is 11.1 Å². The van der Waals surface area contributed by atoms with Crippen LogP contribution in [0, 0.1) is 0 Å². The van der Waals surface area contributed by atoms with E-state index in [-0.39, 0.29) is 59.1 Å². The summed E-state index contributed by atoms with van der Waals surface area (Å²) in [5.74, 6) is -1.42. The zero-order valence-electron chi connectivity index (χ0n) is 13.0. The molecule has 116 valence electrons. The molecule has 0 saturated heterocycles. The summed E-state index contributed by atoms with van der Waals surface area (Å²) in [5, 5.41) is 0. The van der Waals surface area contributed by atoms with E-state index >= 15 is 0 Å². The van der Waals surface area contributed by atoms with Crippen LogP contribution in [0.2, 0.25) is 0 Å². The molecule has 0 bridgehead atoms. The van der Waals surface area contributed by atoms with Crippen molar-refractivity contribution in [2.45, 2.75) is 0 Å². The van der Waals surface area contributed by atoms with Crippen LogP contribution in [0.15, 0.2) is 60.7 Å². The second-order valence-corrected chi connectivity index (χ2v) is 4.09. The van der Waals surface area contributed by atoms with Crippen molar-refractivity contribution in [1.29, 1.82) is 0 Å². The van der Waals surface area contributed by atoms with Crippen molar-refractivity contribution in [2.24, 2.45) is 0 Å². The van der Waals surface area contributed by atoms with E-state index < -0.39 is 23.3 Å². The largest absolute Gasteiger partial charge is 1.00 e. The average Bonchev–Trinajstić information content (AvgIpc) is 2.53. The summed E-state index contributed by atoms with van der Waals surface area (Å²) < 4.78 is 25.3. The van der Waals surface area contributed by atoms with Crippen molar-refractivity contribution in [3.05, 3.63) is 71.8 Å². The quantitative estimate of drug-likeness (QED) is 0.228. The van der Waals surface area contributed by atoms with Gasteiger partial charge in [-0.15, -0.1) is 11.4 Å². The second-order valence-electron chi connectivity index (χ2n) is 3.68. The molecule has 0 aliphatic rings. The predicted molar refractivity (Wildman–Crippen MR) is 73.4 cm³/mol. The van der Waals surface area contributed by atoms with Crippen molar-refractivity contribution in [3.63, 3.8) is 0 Å². The van der Waals surface area contributed by atoms with Crippen LogP contribution in [0.4, 0.5) is 0 Å². The van der Waals surface area contributed by atoms with Gasteiger partial charge >= 0.3 is 71.1 Å². The van der Waals surface area contributed by atoms with Gasteiger partial charge in [-0.25, -0.2) is 19.4 Å². The number of carbonyl (C=O) groups excluding carboxylic acids is 2. The van der Waals surface area contributed by atoms with Crippen LogP contribution >= 0.6 is 0 Å². The number of benzene rings is 2. The normalized spacial score (nSPS) is 8.62. The van der Waals surface area contributed by atoms with E-state index in [1.807, 2.05) is 0 Å². The van der Waals surface area contributed by atoms with Crippen LogP contribution in [0.25, 0.3) is 0 Å². The molecule has 2 aromatic carbocycles. The van der Waals surface area contributed by atoms with E-state index in [0.717, 1.165) is 0 Å². The van der Waals surface area contributed by atoms with Crippen molar-refractivity contribution in [2.75, 3.05) is 0 Å². The van der Waals surface area contributed by atoms with Gasteiger partial charge in [0.2, 0.25) is 0 Å². The molecule has 0 heterocycles. The van der Waals surface area contributed by atoms with E-state index in [2.05, 4.69) is 9.78 Å². The van der Waals surface area contributed by atoms with Crippen LogP contribution in [0.3, 0.4) is 0 Å². The minimum Gasteiger partial charge on any atom is -0.784 e. The number of rotatable bonds is 2. The van der Waals surface area contributed by atoms with E-state index in [4.69, 9.17) is 13.3 Å². The zero-order chi connectivity index (χ0) is 16.4. The molecule has 0 aromatic heterocycles. The van der Waals surface area contributed by atoms with E-state index in [1.165, 1.54) is 0 Å². The molecule has 7 nitrogen and oxygen atoms in total. The molecule has 0 amide bonds. The SMILES string of the molecule is O=C(OOC(=O)c1ccccc1)c1ccccc1.O=S([O-])[O-].[Na+].[Na+]. The maximum Gasteiger partial charge on any atom is 1.00 e. The maximum absolute atomic E-state index is 11.5. The summed E-state index contributed by atoms with van der Waals surface area (Å²) in [5.41, 5.74) is 0.636. The smallest absolute Gasteiger partial charge is 0.784 e. The van der Waals surface area contributed by atoms with Gasteiger partial charge in [-0.1, -0.05) is 36.4 Å². The molecule has 24 heavy (non-hydrogen) atoms. The Morgan fingerprint density at radius 3 is 1.21 bits per heavy atom. The molecule has 0 radical (unpaired) electrons. The summed E-state index contributed by atoms with van der Waals surface area (Å²) in [6.45, 7) is 0. The Kier molecular flexibility index (Phi) is 15.8. The molecule has 2 aromatic rings. The Hall–Kier alpha value is -0.550.